The van der Waals surface area contributed by atoms with E-state index in [0.717, 1.165) is 5.69 Å². The number of hydrogen-bond acceptors (Lipinski definition) is 2. The van der Waals surface area contributed by atoms with E-state index in [0.29, 0.717) is 12.0 Å². The molecule has 0 spiro atoms. The topological polar surface area (TPSA) is 38.0 Å². The van der Waals surface area contributed by atoms with Gasteiger partial charge in [-0.15, -0.1) is 0 Å². The van der Waals surface area contributed by atoms with Gasteiger partial charge in [-0.05, 0) is 23.8 Å². The van der Waals surface area contributed by atoms with Crippen molar-refractivity contribution in [3.05, 3.63) is 53.6 Å². The third kappa shape index (κ3) is 2.46. The molecule has 0 bridgehead atoms. The van der Waals surface area contributed by atoms with Crippen molar-refractivity contribution in [2.45, 2.75) is 12.5 Å². The highest BCUT2D eigenvalue weighted by Gasteiger charge is 2.10. The third-order valence-corrected chi connectivity index (χ3v) is 2.40. The summed E-state index contributed by atoms with van der Waals surface area (Å²) in [4.78, 5) is 0. The van der Waals surface area contributed by atoms with Gasteiger partial charge < -0.3 is 5.11 Å². The van der Waals surface area contributed by atoms with Gasteiger partial charge in [0, 0.05) is 19.7 Å². The van der Waals surface area contributed by atoms with Gasteiger partial charge in [-0.25, -0.2) is 4.39 Å². The Morgan fingerprint density at radius 3 is 2.88 bits per heavy atom. The van der Waals surface area contributed by atoms with Crippen LogP contribution in [0.4, 0.5) is 4.39 Å². The Morgan fingerprint density at radius 2 is 2.25 bits per heavy atom. The molecule has 2 aromatic rings. The number of nitrogens with zero attached hydrogens (tertiary/aromatic N) is 2. The maximum absolute atomic E-state index is 12.9. The van der Waals surface area contributed by atoms with Gasteiger partial charge in [0.15, 0.2) is 0 Å². The predicted octanol–water partition coefficient (Wildman–Crippen LogP) is 1.84. The van der Waals surface area contributed by atoms with Gasteiger partial charge in [0.1, 0.15) is 5.82 Å². The van der Waals surface area contributed by atoms with Crippen LogP contribution in [0.1, 0.15) is 17.4 Å². The average Bonchev–Trinajstić information content (AvgIpc) is 2.64. The van der Waals surface area contributed by atoms with Crippen molar-refractivity contribution in [3.63, 3.8) is 0 Å². The van der Waals surface area contributed by atoms with Crippen LogP contribution in [0, 0.1) is 5.82 Å². The number of hydrogen-bond donors (Lipinski definition) is 1. The predicted molar refractivity (Wildman–Crippen MR) is 58.3 cm³/mol. The molecule has 0 amide bonds. The second-order valence-electron chi connectivity index (χ2n) is 3.76. The van der Waals surface area contributed by atoms with Crippen LogP contribution in [0.25, 0.3) is 0 Å². The lowest BCUT2D eigenvalue weighted by Gasteiger charge is -2.09. The Balaban J connectivity index is 2.11. The van der Waals surface area contributed by atoms with Gasteiger partial charge in [-0.1, -0.05) is 12.1 Å². The van der Waals surface area contributed by atoms with Crippen LogP contribution in [0.2, 0.25) is 0 Å². The molecule has 0 aliphatic rings. The molecule has 0 radical (unpaired) electrons. The highest BCUT2D eigenvalue weighted by Crippen LogP contribution is 2.17. The maximum atomic E-state index is 12.9. The quantitative estimate of drug-likeness (QED) is 0.857. The molecule has 84 valence electrons. The van der Waals surface area contributed by atoms with Crippen molar-refractivity contribution >= 4 is 0 Å². The maximum Gasteiger partial charge on any atom is 0.123 e. The minimum Gasteiger partial charge on any atom is -0.388 e. The molecule has 4 heteroatoms. The van der Waals surface area contributed by atoms with Crippen LogP contribution < -0.4 is 0 Å². The first kappa shape index (κ1) is 10.8. The fourth-order valence-electron chi connectivity index (χ4n) is 1.60. The molecule has 1 aromatic heterocycles. The van der Waals surface area contributed by atoms with E-state index in [1.165, 1.54) is 12.1 Å². The summed E-state index contributed by atoms with van der Waals surface area (Å²) in [6.45, 7) is 0. The second-order valence-corrected chi connectivity index (χ2v) is 3.76. The van der Waals surface area contributed by atoms with E-state index < -0.39 is 6.10 Å². The summed E-state index contributed by atoms with van der Waals surface area (Å²) in [5.41, 5.74) is 1.37. The van der Waals surface area contributed by atoms with Crippen LogP contribution >= 0.6 is 0 Å². The van der Waals surface area contributed by atoms with Crippen molar-refractivity contribution in [1.29, 1.82) is 0 Å². The van der Waals surface area contributed by atoms with Gasteiger partial charge in [0.25, 0.3) is 0 Å². The first-order chi connectivity index (χ1) is 7.65. The molecule has 1 unspecified atom stereocenters. The zero-order valence-corrected chi connectivity index (χ0v) is 8.97. The molecule has 1 aromatic carbocycles. The molecule has 0 aliphatic heterocycles. The van der Waals surface area contributed by atoms with E-state index in [1.807, 2.05) is 19.3 Å². The number of aromatic nitrogens is 2. The number of aryl methyl sites for hydroxylation is 1. The Labute approximate surface area is 93.2 Å². The number of halogens is 1. The normalized spacial score (nSPS) is 12.7. The molecule has 16 heavy (non-hydrogen) atoms. The van der Waals surface area contributed by atoms with E-state index in [9.17, 15) is 9.50 Å². The van der Waals surface area contributed by atoms with E-state index in [2.05, 4.69) is 5.10 Å². The van der Waals surface area contributed by atoms with Crippen LogP contribution in [-0.2, 0) is 13.5 Å². The molecule has 1 heterocycles. The van der Waals surface area contributed by atoms with Crippen molar-refractivity contribution in [3.8, 4) is 0 Å². The van der Waals surface area contributed by atoms with Crippen molar-refractivity contribution < 1.29 is 9.50 Å². The lowest BCUT2D eigenvalue weighted by Crippen LogP contribution is -2.03. The number of benzene rings is 1. The van der Waals surface area contributed by atoms with Crippen molar-refractivity contribution in [1.82, 2.24) is 9.78 Å². The lowest BCUT2D eigenvalue weighted by atomic mass is 10.1. The minimum atomic E-state index is -0.717. The Hall–Kier alpha value is -1.68. The fourth-order valence-corrected chi connectivity index (χ4v) is 1.60. The number of aliphatic hydroxyl groups is 1. The molecule has 0 fully saturated rings. The molecule has 3 nitrogen and oxygen atoms in total. The molecule has 1 atom stereocenters. The van der Waals surface area contributed by atoms with Gasteiger partial charge in [0.2, 0.25) is 0 Å². The number of rotatable bonds is 3. The Kier molecular flexibility index (Phi) is 3.01. The van der Waals surface area contributed by atoms with Gasteiger partial charge >= 0.3 is 0 Å². The standard InChI is InChI=1S/C12H13FN2O/c1-15-6-5-11(14-15)8-12(16)9-3-2-4-10(13)7-9/h2-7,12,16H,8H2,1H3. The first-order valence-electron chi connectivity index (χ1n) is 5.07. The van der Waals surface area contributed by atoms with Crippen LogP contribution in [0.15, 0.2) is 36.5 Å². The van der Waals surface area contributed by atoms with Crippen molar-refractivity contribution in [2.75, 3.05) is 0 Å². The summed E-state index contributed by atoms with van der Waals surface area (Å²) in [6, 6.07) is 7.83. The summed E-state index contributed by atoms with van der Waals surface area (Å²) in [5.74, 6) is -0.336. The smallest absolute Gasteiger partial charge is 0.123 e. The van der Waals surface area contributed by atoms with E-state index in [-0.39, 0.29) is 5.82 Å². The minimum absolute atomic E-state index is 0.336. The molecule has 2 rings (SSSR count). The van der Waals surface area contributed by atoms with Gasteiger partial charge in [0.05, 0.1) is 11.8 Å². The van der Waals surface area contributed by atoms with Crippen LogP contribution in [0.5, 0.6) is 0 Å². The summed E-state index contributed by atoms with van der Waals surface area (Å²) in [6.07, 6.45) is 1.49. The molecule has 1 N–H and O–H groups in total. The first-order valence-corrected chi connectivity index (χ1v) is 5.07. The average molecular weight is 220 g/mol. The van der Waals surface area contributed by atoms with E-state index in [4.69, 9.17) is 0 Å². The highest BCUT2D eigenvalue weighted by molar-refractivity contribution is 5.20. The molecular formula is C12H13FN2O. The molecule has 0 saturated carbocycles. The zero-order chi connectivity index (χ0) is 11.5. The summed E-state index contributed by atoms with van der Waals surface area (Å²) in [7, 11) is 1.82. The van der Waals surface area contributed by atoms with Crippen molar-refractivity contribution in [2.24, 2.45) is 7.05 Å². The fraction of sp³-hybridized carbons (Fsp3) is 0.250. The van der Waals surface area contributed by atoms with Gasteiger partial charge in [-0.2, -0.15) is 5.10 Å². The Bertz CT molecular complexity index is 481. The molecular weight excluding hydrogens is 207 g/mol. The third-order valence-electron chi connectivity index (χ3n) is 2.40. The SMILES string of the molecule is Cn1ccc(CC(O)c2cccc(F)c2)n1. The monoisotopic (exact) mass is 220 g/mol. The van der Waals surface area contributed by atoms with E-state index >= 15 is 0 Å². The van der Waals surface area contributed by atoms with Crippen LogP contribution in [0.3, 0.4) is 0 Å². The molecule has 0 saturated heterocycles. The molecule has 0 aliphatic carbocycles. The van der Waals surface area contributed by atoms with Crippen LogP contribution in [-0.4, -0.2) is 14.9 Å². The van der Waals surface area contributed by atoms with Gasteiger partial charge in [-0.3, -0.25) is 4.68 Å². The Morgan fingerprint density at radius 1 is 1.44 bits per heavy atom. The summed E-state index contributed by atoms with van der Waals surface area (Å²) < 4.78 is 14.6. The summed E-state index contributed by atoms with van der Waals surface area (Å²) >= 11 is 0. The van der Waals surface area contributed by atoms with E-state index in [1.54, 1.807) is 16.8 Å². The lowest BCUT2D eigenvalue weighted by molar-refractivity contribution is 0.176. The number of aliphatic hydroxyl groups excluding tert-OH is 1. The summed E-state index contributed by atoms with van der Waals surface area (Å²) in [5, 5.41) is 14.1. The second kappa shape index (κ2) is 4.45. The largest absolute Gasteiger partial charge is 0.388 e. The zero-order valence-electron chi connectivity index (χ0n) is 8.97. The highest BCUT2D eigenvalue weighted by atomic mass is 19.1.